The van der Waals surface area contributed by atoms with Crippen molar-refractivity contribution in [1.82, 2.24) is 5.32 Å². The molecule has 0 fully saturated rings. The number of hydrogen-bond donors (Lipinski definition) is 3. The average Bonchev–Trinajstić information content (AvgIpc) is 3.07. The second-order valence-corrected chi connectivity index (χ2v) is 12.1. The van der Waals surface area contributed by atoms with E-state index in [1.165, 1.54) is 0 Å². The summed E-state index contributed by atoms with van der Waals surface area (Å²) in [5.74, 6) is -4.66. The predicted molar refractivity (Wildman–Crippen MR) is 180 cm³/mol. The molecule has 47 heavy (non-hydrogen) atoms. The van der Waals surface area contributed by atoms with Gasteiger partial charge in [-0.25, -0.2) is 0 Å². The van der Waals surface area contributed by atoms with Gasteiger partial charge in [-0.15, -0.1) is 0 Å². The molecule has 0 saturated heterocycles. The molecule has 0 aliphatic carbocycles. The van der Waals surface area contributed by atoms with Crippen molar-refractivity contribution < 1.29 is 33.8 Å². The summed E-state index contributed by atoms with van der Waals surface area (Å²) in [4.78, 5) is 50.2. The van der Waals surface area contributed by atoms with Crippen LogP contribution in [0.2, 0.25) is 0 Å². The number of carboxylic acids is 2. The van der Waals surface area contributed by atoms with Crippen molar-refractivity contribution in [1.29, 1.82) is 0 Å². The number of ether oxygens (including phenoxy) is 1. The molecule has 4 aromatic carbocycles. The zero-order valence-corrected chi connectivity index (χ0v) is 26.5. The molecule has 3 N–H and O–H groups in total. The van der Waals surface area contributed by atoms with Crippen LogP contribution in [-0.4, -0.2) is 41.4 Å². The Labute approximate surface area is 272 Å². The van der Waals surface area contributed by atoms with Crippen LogP contribution < -0.4 is 10.7 Å². The largest absolute Gasteiger partial charge is 0.481 e. The van der Waals surface area contributed by atoms with Crippen molar-refractivity contribution in [2.75, 3.05) is 13.3 Å². The molecule has 0 radical (unpaired) electrons. The topological polar surface area (TPSA) is 143 Å². The van der Waals surface area contributed by atoms with Gasteiger partial charge >= 0.3 is 17.9 Å². The van der Waals surface area contributed by atoms with Crippen LogP contribution in [-0.2, 0) is 19.1 Å². The maximum absolute atomic E-state index is 13.6. The summed E-state index contributed by atoms with van der Waals surface area (Å²) < 4.78 is 11.9. The SMILES string of the molecule is CCC(CC(CC(CC(C)c1cccc2ccccc12)c1cccc2c(=O)c3ccccc3oc12)C(=O)OCNCC(=O)O)C(=O)O. The first kappa shape index (κ1) is 33.3. The lowest BCUT2D eigenvalue weighted by molar-refractivity contribution is -0.152. The summed E-state index contributed by atoms with van der Waals surface area (Å²) in [6.07, 6.45) is 1.16. The van der Waals surface area contributed by atoms with Gasteiger partial charge in [0.25, 0.3) is 0 Å². The molecule has 0 saturated carbocycles. The van der Waals surface area contributed by atoms with Crippen LogP contribution in [0.25, 0.3) is 32.7 Å². The number of hydrogen-bond acceptors (Lipinski definition) is 7. The monoisotopic (exact) mass is 637 g/mol. The van der Waals surface area contributed by atoms with Crippen molar-refractivity contribution in [2.24, 2.45) is 11.8 Å². The van der Waals surface area contributed by atoms with Crippen molar-refractivity contribution in [2.45, 2.75) is 51.4 Å². The number of benzene rings is 4. The summed E-state index contributed by atoms with van der Waals surface area (Å²) in [6.45, 7) is 3.18. The third-order valence-electron chi connectivity index (χ3n) is 8.97. The summed E-state index contributed by atoms with van der Waals surface area (Å²) in [7, 11) is 0. The van der Waals surface area contributed by atoms with Crippen LogP contribution in [0.4, 0.5) is 0 Å². The first-order chi connectivity index (χ1) is 22.7. The number of carbonyl (C=O) groups is 3. The lowest BCUT2D eigenvalue weighted by atomic mass is 9.77. The van der Waals surface area contributed by atoms with E-state index in [-0.39, 0.29) is 36.8 Å². The first-order valence-corrected chi connectivity index (χ1v) is 15.9. The average molecular weight is 638 g/mol. The fraction of sp³-hybridized carbons (Fsp3) is 0.316. The highest BCUT2D eigenvalue weighted by atomic mass is 16.5. The molecule has 4 atom stereocenters. The van der Waals surface area contributed by atoms with E-state index in [4.69, 9.17) is 14.3 Å². The minimum Gasteiger partial charge on any atom is -0.481 e. The van der Waals surface area contributed by atoms with E-state index in [1.54, 1.807) is 37.3 Å². The summed E-state index contributed by atoms with van der Waals surface area (Å²) >= 11 is 0. The fourth-order valence-electron chi connectivity index (χ4n) is 6.57. The van der Waals surface area contributed by atoms with E-state index >= 15 is 0 Å². The van der Waals surface area contributed by atoms with Gasteiger partial charge in [-0.05, 0) is 77.6 Å². The number of carbonyl (C=O) groups excluding carboxylic acids is 1. The van der Waals surface area contributed by atoms with Gasteiger partial charge in [0.1, 0.15) is 17.9 Å². The van der Waals surface area contributed by atoms with E-state index in [0.717, 1.165) is 21.9 Å². The highest BCUT2D eigenvalue weighted by Gasteiger charge is 2.32. The smallest absolute Gasteiger partial charge is 0.317 e. The minimum absolute atomic E-state index is 0.00360. The van der Waals surface area contributed by atoms with Crippen LogP contribution >= 0.6 is 0 Å². The number of rotatable bonds is 15. The Bertz CT molecular complexity index is 1960. The second kappa shape index (κ2) is 15.0. The molecule has 9 heteroatoms. The van der Waals surface area contributed by atoms with Gasteiger partial charge in [-0.2, -0.15) is 0 Å². The lowest BCUT2D eigenvalue weighted by Gasteiger charge is -2.28. The van der Waals surface area contributed by atoms with Gasteiger partial charge < -0.3 is 19.4 Å². The second-order valence-electron chi connectivity index (χ2n) is 12.1. The van der Waals surface area contributed by atoms with Gasteiger partial charge in [0.2, 0.25) is 5.43 Å². The Kier molecular flexibility index (Phi) is 10.7. The summed E-state index contributed by atoms with van der Waals surface area (Å²) in [6, 6.07) is 26.9. The highest BCUT2D eigenvalue weighted by molar-refractivity contribution is 5.91. The van der Waals surface area contributed by atoms with E-state index < -0.39 is 36.3 Å². The maximum Gasteiger partial charge on any atom is 0.317 e. The normalized spacial score (nSPS) is 14.1. The molecule has 5 aromatic rings. The predicted octanol–water partition coefficient (Wildman–Crippen LogP) is 7.06. The fourth-order valence-corrected chi connectivity index (χ4v) is 6.57. The van der Waals surface area contributed by atoms with E-state index in [1.807, 2.05) is 30.3 Å². The number of carboxylic acid groups (broad SMARTS) is 2. The number of aliphatic carboxylic acids is 2. The molecule has 0 bridgehead atoms. The Morgan fingerprint density at radius 1 is 0.787 bits per heavy atom. The summed E-state index contributed by atoms with van der Waals surface area (Å²) in [5, 5.41) is 24.6. The molecule has 0 aliphatic heterocycles. The van der Waals surface area contributed by atoms with Crippen LogP contribution in [0.5, 0.6) is 0 Å². The van der Waals surface area contributed by atoms with Crippen molar-refractivity contribution in [3.63, 3.8) is 0 Å². The van der Waals surface area contributed by atoms with Crippen molar-refractivity contribution in [3.8, 4) is 0 Å². The first-order valence-electron chi connectivity index (χ1n) is 15.9. The molecule has 0 aliphatic rings. The quantitative estimate of drug-likeness (QED) is 0.0476. The maximum atomic E-state index is 13.6. The van der Waals surface area contributed by atoms with E-state index in [2.05, 4.69) is 36.5 Å². The number of nitrogens with one attached hydrogen (secondary N) is 1. The molecule has 244 valence electrons. The van der Waals surface area contributed by atoms with Gasteiger partial charge in [0, 0.05) is 0 Å². The Morgan fingerprint density at radius 3 is 2.19 bits per heavy atom. The van der Waals surface area contributed by atoms with Crippen LogP contribution in [0, 0.1) is 11.8 Å². The Morgan fingerprint density at radius 2 is 1.45 bits per heavy atom. The lowest BCUT2D eigenvalue weighted by Crippen LogP contribution is -2.31. The standard InChI is InChI=1S/C38H39NO8/c1-3-24(37(43)44)19-27(38(45)46-22-39-21-34(40)41)20-26(18-23(2)28-14-8-11-25-10-4-5-12-29(25)28)30-15-9-16-32-35(42)31-13-6-7-17-33(31)47-36(30)32/h4-17,23-24,26-27,39H,3,18-22H2,1-2H3,(H,40,41)(H,43,44). The van der Waals surface area contributed by atoms with Gasteiger partial charge in [0.05, 0.1) is 29.2 Å². The van der Waals surface area contributed by atoms with Gasteiger partial charge in [-0.3, -0.25) is 24.5 Å². The molecule has 0 spiro atoms. The molecule has 1 heterocycles. The molecule has 0 amide bonds. The molecular formula is C38H39NO8. The Hall–Kier alpha value is -5.02. The minimum atomic E-state index is -1.10. The van der Waals surface area contributed by atoms with E-state index in [0.29, 0.717) is 34.8 Å². The zero-order chi connectivity index (χ0) is 33.5. The molecule has 9 nitrogen and oxygen atoms in total. The molecule has 5 rings (SSSR count). The number of esters is 1. The van der Waals surface area contributed by atoms with Crippen LogP contribution in [0.3, 0.4) is 0 Å². The van der Waals surface area contributed by atoms with Crippen LogP contribution in [0.15, 0.2) is 94.1 Å². The number of para-hydroxylation sites is 2. The van der Waals surface area contributed by atoms with Gasteiger partial charge in [0.15, 0.2) is 0 Å². The van der Waals surface area contributed by atoms with Crippen molar-refractivity contribution in [3.05, 3.63) is 106 Å². The molecular weight excluding hydrogens is 598 g/mol. The molecule has 1 aromatic heterocycles. The Balaban J connectivity index is 1.59. The van der Waals surface area contributed by atoms with Crippen molar-refractivity contribution >= 4 is 50.6 Å². The molecule has 4 unspecified atom stereocenters. The summed E-state index contributed by atoms with van der Waals surface area (Å²) in [5.41, 5.74) is 2.63. The zero-order valence-electron chi connectivity index (χ0n) is 26.5. The van der Waals surface area contributed by atoms with E-state index in [9.17, 15) is 24.3 Å². The highest BCUT2D eigenvalue weighted by Crippen LogP contribution is 2.41. The van der Waals surface area contributed by atoms with Crippen LogP contribution in [0.1, 0.15) is 62.5 Å². The third-order valence-corrected chi connectivity index (χ3v) is 8.97. The van der Waals surface area contributed by atoms with Gasteiger partial charge in [-0.1, -0.05) is 80.6 Å². The third kappa shape index (κ3) is 7.69. The number of fused-ring (bicyclic) bond motifs is 3.